The van der Waals surface area contributed by atoms with Crippen molar-refractivity contribution < 1.29 is 23.0 Å². The Hall–Kier alpha value is -3.75. The third-order valence-electron chi connectivity index (χ3n) is 4.71. The Balaban J connectivity index is 1.47. The first-order chi connectivity index (χ1) is 15.0. The number of rotatable bonds is 8. The van der Waals surface area contributed by atoms with Gasteiger partial charge in [0.1, 0.15) is 5.82 Å². The number of nitrogens with one attached hydrogen (secondary N) is 2. The van der Waals surface area contributed by atoms with Crippen LogP contribution in [0.4, 0.5) is 14.5 Å². The zero-order valence-electron chi connectivity index (χ0n) is 16.6. The van der Waals surface area contributed by atoms with E-state index in [-0.39, 0.29) is 17.1 Å². The Morgan fingerprint density at radius 1 is 1.26 bits per heavy atom. The molecule has 1 aromatic heterocycles. The predicted molar refractivity (Wildman–Crippen MR) is 111 cm³/mol. The molecule has 0 spiro atoms. The monoisotopic (exact) mass is 426 g/mol. The minimum Gasteiger partial charge on any atom is -0.493 e. The van der Waals surface area contributed by atoms with Crippen LogP contribution in [-0.4, -0.2) is 34.8 Å². The molecule has 3 aromatic rings. The van der Waals surface area contributed by atoms with Crippen LogP contribution in [0, 0.1) is 0 Å². The molecule has 0 aliphatic heterocycles. The molecule has 1 aliphatic carbocycles. The fourth-order valence-electron chi connectivity index (χ4n) is 3.07. The Kier molecular flexibility index (Phi) is 5.92. The van der Waals surface area contributed by atoms with Gasteiger partial charge in [-0.05, 0) is 37.1 Å². The molecular formula is C22H20F2N4O3. The first-order valence-electron chi connectivity index (χ1n) is 9.67. The normalized spacial score (nSPS) is 13.5. The number of para-hydroxylation sites is 1. The number of methoxy groups -OCH3 is 1. The highest BCUT2D eigenvalue weighted by molar-refractivity contribution is 6.02. The quantitative estimate of drug-likeness (QED) is 0.514. The highest BCUT2D eigenvalue weighted by Gasteiger charge is 2.27. The van der Waals surface area contributed by atoms with E-state index in [1.54, 1.807) is 30.3 Å². The van der Waals surface area contributed by atoms with Crippen molar-refractivity contribution in [3.63, 3.8) is 0 Å². The van der Waals surface area contributed by atoms with E-state index < -0.39 is 12.5 Å². The van der Waals surface area contributed by atoms with Gasteiger partial charge in [0.2, 0.25) is 5.91 Å². The number of carbonyl (C=O) groups excluding carboxylic acids is 1. The molecule has 9 heteroatoms. The second-order valence-electron chi connectivity index (χ2n) is 6.98. The van der Waals surface area contributed by atoms with Crippen molar-refractivity contribution in [2.75, 3.05) is 12.4 Å². The van der Waals surface area contributed by atoms with E-state index >= 15 is 0 Å². The van der Waals surface area contributed by atoms with Gasteiger partial charge in [0, 0.05) is 28.8 Å². The Labute approximate surface area is 177 Å². The van der Waals surface area contributed by atoms with Crippen molar-refractivity contribution in [1.82, 2.24) is 15.2 Å². The molecular weight excluding hydrogens is 406 g/mol. The number of alkyl halides is 2. The number of hydrogen-bond acceptors (Lipinski definition) is 5. The smallest absolute Gasteiger partial charge is 0.387 e. The summed E-state index contributed by atoms with van der Waals surface area (Å²) in [5, 5.41) is 9.94. The maximum absolute atomic E-state index is 12.7. The largest absolute Gasteiger partial charge is 0.493 e. The lowest BCUT2D eigenvalue weighted by Gasteiger charge is -2.12. The van der Waals surface area contributed by atoms with Gasteiger partial charge >= 0.3 is 6.61 Å². The Morgan fingerprint density at radius 3 is 2.81 bits per heavy atom. The van der Waals surface area contributed by atoms with E-state index in [0.29, 0.717) is 17.4 Å². The number of amides is 1. The lowest BCUT2D eigenvalue weighted by atomic mass is 10.1. The molecule has 0 bridgehead atoms. The standard InChI is InChI=1S/C22H20F2N4O3/c1-30-17-7-3-4-13(19(17)31-22(23)24)10-11-18(29)25-16-6-2-5-15(12-16)21-26-20(27-28-21)14-8-9-14/h2-7,10-12,14,22H,8-9H2,1H3,(H,25,29)(H,26,27,28)/b11-10+. The fourth-order valence-corrected chi connectivity index (χ4v) is 3.07. The number of H-pyrrole nitrogens is 1. The van der Waals surface area contributed by atoms with Crippen molar-refractivity contribution >= 4 is 17.7 Å². The highest BCUT2D eigenvalue weighted by atomic mass is 19.3. The first kappa shape index (κ1) is 20.5. The summed E-state index contributed by atoms with van der Waals surface area (Å²) in [4.78, 5) is 16.9. The van der Waals surface area contributed by atoms with E-state index in [1.807, 2.05) is 6.07 Å². The molecule has 2 aromatic carbocycles. The van der Waals surface area contributed by atoms with Crippen molar-refractivity contribution in [2.45, 2.75) is 25.4 Å². The summed E-state index contributed by atoms with van der Waals surface area (Å²) in [7, 11) is 1.35. The fraction of sp³-hybridized carbons (Fsp3) is 0.227. The number of carbonyl (C=O) groups is 1. The number of halogens is 2. The van der Waals surface area contributed by atoms with Gasteiger partial charge < -0.3 is 14.8 Å². The van der Waals surface area contributed by atoms with E-state index in [1.165, 1.54) is 25.3 Å². The Bertz CT molecular complexity index is 1110. The third-order valence-corrected chi connectivity index (χ3v) is 4.71. The molecule has 160 valence electrons. The number of nitrogens with zero attached hydrogens (tertiary/aromatic N) is 2. The topological polar surface area (TPSA) is 89.1 Å². The molecule has 7 nitrogen and oxygen atoms in total. The summed E-state index contributed by atoms with van der Waals surface area (Å²) in [5.74, 6) is 1.49. The second-order valence-corrected chi connectivity index (χ2v) is 6.98. The number of benzene rings is 2. The van der Waals surface area contributed by atoms with Crippen LogP contribution in [0.3, 0.4) is 0 Å². The van der Waals surface area contributed by atoms with Crippen LogP contribution < -0.4 is 14.8 Å². The van der Waals surface area contributed by atoms with Crippen LogP contribution in [0.2, 0.25) is 0 Å². The van der Waals surface area contributed by atoms with Gasteiger partial charge in [-0.25, -0.2) is 4.98 Å². The molecule has 1 amide bonds. The van der Waals surface area contributed by atoms with E-state index in [9.17, 15) is 13.6 Å². The molecule has 4 rings (SSSR count). The Morgan fingerprint density at radius 2 is 2.06 bits per heavy atom. The van der Waals surface area contributed by atoms with Gasteiger partial charge in [0.25, 0.3) is 0 Å². The molecule has 1 saturated carbocycles. The molecule has 1 heterocycles. The molecule has 1 aliphatic rings. The zero-order chi connectivity index (χ0) is 21.8. The van der Waals surface area contributed by atoms with Gasteiger partial charge in [-0.3, -0.25) is 9.89 Å². The van der Waals surface area contributed by atoms with Gasteiger partial charge in [0.15, 0.2) is 17.3 Å². The highest BCUT2D eigenvalue weighted by Crippen LogP contribution is 2.38. The van der Waals surface area contributed by atoms with Crippen molar-refractivity contribution in [3.8, 4) is 22.9 Å². The average Bonchev–Trinajstić information content (AvgIpc) is 3.49. The SMILES string of the molecule is COc1cccc(/C=C/C(=O)Nc2cccc(-c3n[nH]c(C4CC4)n3)c2)c1OC(F)F. The molecule has 0 unspecified atom stereocenters. The van der Waals surface area contributed by atoms with Crippen LogP contribution in [0.1, 0.15) is 30.1 Å². The number of anilines is 1. The second kappa shape index (κ2) is 8.95. The summed E-state index contributed by atoms with van der Waals surface area (Å²) in [6, 6.07) is 11.8. The van der Waals surface area contributed by atoms with E-state index in [2.05, 4.69) is 25.2 Å². The van der Waals surface area contributed by atoms with Crippen molar-refractivity contribution in [1.29, 1.82) is 0 Å². The maximum Gasteiger partial charge on any atom is 0.387 e. The summed E-state index contributed by atoms with van der Waals surface area (Å²) >= 11 is 0. The molecule has 2 N–H and O–H groups in total. The van der Waals surface area contributed by atoms with Gasteiger partial charge in [-0.15, -0.1) is 0 Å². The molecule has 0 radical (unpaired) electrons. The number of aromatic amines is 1. The molecule has 31 heavy (non-hydrogen) atoms. The summed E-state index contributed by atoms with van der Waals surface area (Å²) in [6.07, 6.45) is 4.86. The first-order valence-corrected chi connectivity index (χ1v) is 9.67. The van der Waals surface area contributed by atoms with Crippen LogP contribution >= 0.6 is 0 Å². The zero-order valence-corrected chi connectivity index (χ0v) is 16.6. The summed E-state index contributed by atoms with van der Waals surface area (Å²) < 4.78 is 35.1. The van der Waals surface area contributed by atoms with Crippen LogP contribution in [0.15, 0.2) is 48.5 Å². The van der Waals surface area contributed by atoms with Gasteiger partial charge in [-0.2, -0.15) is 13.9 Å². The van der Waals surface area contributed by atoms with E-state index in [0.717, 1.165) is 24.2 Å². The van der Waals surface area contributed by atoms with Crippen LogP contribution in [0.5, 0.6) is 11.5 Å². The van der Waals surface area contributed by atoms with Crippen LogP contribution in [-0.2, 0) is 4.79 Å². The number of aromatic nitrogens is 3. The molecule has 0 saturated heterocycles. The van der Waals surface area contributed by atoms with Crippen molar-refractivity contribution in [2.24, 2.45) is 0 Å². The lowest BCUT2D eigenvalue weighted by molar-refractivity contribution is -0.111. The molecule has 0 atom stereocenters. The minimum atomic E-state index is -3.02. The third kappa shape index (κ3) is 5.06. The summed E-state index contributed by atoms with van der Waals surface area (Å²) in [6.45, 7) is -3.02. The van der Waals surface area contributed by atoms with Gasteiger partial charge in [-0.1, -0.05) is 24.3 Å². The molecule has 1 fully saturated rings. The van der Waals surface area contributed by atoms with Gasteiger partial charge in [0.05, 0.1) is 7.11 Å². The predicted octanol–water partition coefficient (Wildman–Crippen LogP) is 4.61. The van der Waals surface area contributed by atoms with Crippen LogP contribution in [0.25, 0.3) is 17.5 Å². The average molecular weight is 426 g/mol. The lowest BCUT2D eigenvalue weighted by Crippen LogP contribution is -2.08. The summed E-state index contributed by atoms with van der Waals surface area (Å²) in [5.41, 5.74) is 1.61. The number of hydrogen-bond donors (Lipinski definition) is 2. The van der Waals surface area contributed by atoms with E-state index in [4.69, 9.17) is 4.74 Å². The maximum atomic E-state index is 12.7. The minimum absolute atomic E-state index is 0.137. The number of ether oxygens (including phenoxy) is 2. The van der Waals surface area contributed by atoms with Crippen molar-refractivity contribution in [3.05, 3.63) is 59.9 Å².